The van der Waals surface area contributed by atoms with Gasteiger partial charge >= 0.3 is 0 Å². The highest BCUT2D eigenvalue weighted by Crippen LogP contribution is 2.34. The molecule has 6 heteroatoms. The number of imide groups is 1. The highest BCUT2D eigenvalue weighted by molar-refractivity contribution is 6.35. The number of hydrogen-bond acceptors (Lipinski definition) is 5. The fourth-order valence-corrected chi connectivity index (χ4v) is 4.15. The van der Waals surface area contributed by atoms with Crippen molar-refractivity contribution in [2.45, 2.75) is 34.1 Å². The molecule has 0 saturated carbocycles. The van der Waals surface area contributed by atoms with E-state index in [1.165, 1.54) is 4.90 Å². The van der Waals surface area contributed by atoms with Crippen molar-refractivity contribution < 1.29 is 14.3 Å². The van der Waals surface area contributed by atoms with Gasteiger partial charge in [-0.05, 0) is 44.9 Å². The average molecular weight is 400 g/mol. The highest BCUT2D eigenvalue weighted by atomic mass is 16.5. The molecule has 3 rings (SSSR count). The van der Waals surface area contributed by atoms with Gasteiger partial charge in [0.15, 0.2) is 0 Å². The van der Waals surface area contributed by atoms with Crippen LogP contribution in [-0.4, -0.2) is 79.0 Å². The van der Waals surface area contributed by atoms with Crippen LogP contribution in [0.5, 0.6) is 0 Å². The number of hydrogen-bond donors (Lipinski definition) is 0. The number of aryl methyl sites for hydroxylation is 2. The molecule has 2 aliphatic rings. The molecule has 2 heterocycles. The van der Waals surface area contributed by atoms with Crippen LogP contribution in [0.3, 0.4) is 0 Å². The first kappa shape index (κ1) is 21.5. The summed E-state index contributed by atoms with van der Waals surface area (Å²) >= 11 is 0. The van der Waals surface area contributed by atoms with Gasteiger partial charge in [-0.25, -0.2) is 0 Å². The van der Waals surface area contributed by atoms with Gasteiger partial charge in [0.2, 0.25) is 0 Å². The lowest BCUT2D eigenvalue weighted by Crippen LogP contribution is -2.47. The molecule has 1 aromatic carbocycles. The fraction of sp³-hybridized carbons (Fsp3) is 0.565. The smallest absolute Gasteiger partial charge is 0.277 e. The Labute approximate surface area is 174 Å². The molecule has 0 atom stereocenters. The van der Waals surface area contributed by atoms with E-state index in [-0.39, 0.29) is 11.8 Å². The molecular weight excluding hydrogens is 366 g/mol. The molecule has 1 aromatic rings. The summed E-state index contributed by atoms with van der Waals surface area (Å²) in [6.45, 7) is 14.1. The van der Waals surface area contributed by atoms with Crippen molar-refractivity contribution in [1.29, 1.82) is 0 Å². The summed E-state index contributed by atoms with van der Waals surface area (Å²) in [5.41, 5.74) is 4.19. The minimum absolute atomic E-state index is 0.161. The Balaban J connectivity index is 1.93. The molecule has 0 radical (unpaired) electrons. The molecule has 1 saturated heterocycles. The average Bonchev–Trinajstić information content (AvgIpc) is 2.95. The zero-order valence-electron chi connectivity index (χ0n) is 18.2. The molecule has 0 unspecified atom stereocenters. The summed E-state index contributed by atoms with van der Waals surface area (Å²) < 4.78 is 5.40. The molecule has 0 spiro atoms. The van der Waals surface area contributed by atoms with Gasteiger partial charge in [0.1, 0.15) is 5.70 Å². The van der Waals surface area contributed by atoms with E-state index >= 15 is 0 Å². The molecule has 0 aromatic heterocycles. The third-order valence-electron chi connectivity index (χ3n) is 5.81. The first-order valence-electron chi connectivity index (χ1n) is 10.7. The van der Waals surface area contributed by atoms with E-state index in [4.69, 9.17) is 4.74 Å². The maximum Gasteiger partial charge on any atom is 0.277 e. The van der Waals surface area contributed by atoms with Crippen LogP contribution in [0.4, 0.5) is 0 Å². The summed E-state index contributed by atoms with van der Waals surface area (Å²) in [5, 5.41) is 0. The van der Waals surface area contributed by atoms with E-state index in [1.54, 1.807) is 0 Å². The van der Waals surface area contributed by atoms with E-state index in [0.717, 1.165) is 49.4 Å². The summed E-state index contributed by atoms with van der Waals surface area (Å²) in [7, 11) is 0. The predicted octanol–water partition coefficient (Wildman–Crippen LogP) is 2.45. The van der Waals surface area contributed by atoms with E-state index < -0.39 is 0 Å². The van der Waals surface area contributed by atoms with Gasteiger partial charge in [-0.3, -0.25) is 14.5 Å². The lowest BCUT2D eigenvalue weighted by molar-refractivity contribution is -0.137. The number of piperazine rings is 1. The second-order valence-electron chi connectivity index (χ2n) is 7.78. The predicted molar refractivity (Wildman–Crippen MR) is 114 cm³/mol. The van der Waals surface area contributed by atoms with Crippen molar-refractivity contribution in [2.75, 3.05) is 52.5 Å². The Morgan fingerprint density at radius 3 is 2.34 bits per heavy atom. The van der Waals surface area contributed by atoms with Gasteiger partial charge in [-0.2, -0.15) is 0 Å². The van der Waals surface area contributed by atoms with Gasteiger partial charge in [0.25, 0.3) is 11.8 Å². The summed E-state index contributed by atoms with van der Waals surface area (Å²) in [4.78, 5) is 32.6. The Bertz CT molecular complexity index is 795. The standard InChI is InChI=1S/C23H33N3O3/c1-5-24-11-13-25(14-12-24)21-20(19-9-8-17(3)16-18(19)4)22(27)26(23(21)28)10-7-15-29-6-2/h8-9,16H,5-7,10-15H2,1-4H3. The van der Waals surface area contributed by atoms with E-state index in [2.05, 4.69) is 22.8 Å². The van der Waals surface area contributed by atoms with Crippen LogP contribution >= 0.6 is 0 Å². The minimum Gasteiger partial charge on any atom is -0.382 e. The Kier molecular flexibility index (Phi) is 7.09. The topological polar surface area (TPSA) is 53.1 Å². The molecular formula is C23H33N3O3. The number of amides is 2. The molecule has 6 nitrogen and oxygen atoms in total. The molecule has 0 N–H and O–H groups in total. The highest BCUT2D eigenvalue weighted by Gasteiger charge is 2.42. The summed E-state index contributed by atoms with van der Waals surface area (Å²) in [6, 6.07) is 6.07. The summed E-state index contributed by atoms with van der Waals surface area (Å²) in [6.07, 6.45) is 0.655. The van der Waals surface area contributed by atoms with Crippen LogP contribution in [0.25, 0.3) is 5.57 Å². The molecule has 158 valence electrons. The van der Waals surface area contributed by atoms with Gasteiger partial charge in [0, 0.05) is 45.9 Å². The van der Waals surface area contributed by atoms with Crippen molar-refractivity contribution in [2.24, 2.45) is 0 Å². The van der Waals surface area contributed by atoms with Crippen LogP contribution in [0.15, 0.2) is 23.9 Å². The van der Waals surface area contributed by atoms with Crippen LogP contribution < -0.4 is 0 Å². The van der Waals surface area contributed by atoms with Gasteiger partial charge in [-0.1, -0.05) is 30.7 Å². The van der Waals surface area contributed by atoms with E-state index in [9.17, 15) is 9.59 Å². The second kappa shape index (κ2) is 9.55. The van der Waals surface area contributed by atoms with Gasteiger partial charge in [0.05, 0.1) is 5.57 Å². The third-order valence-corrected chi connectivity index (χ3v) is 5.81. The Hall–Kier alpha value is -2.18. The van der Waals surface area contributed by atoms with Crippen LogP contribution in [0.2, 0.25) is 0 Å². The Morgan fingerprint density at radius 2 is 1.72 bits per heavy atom. The zero-order chi connectivity index (χ0) is 21.0. The third kappa shape index (κ3) is 4.54. The largest absolute Gasteiger partial charge is 0.382 e. The number of nitrogens with zero attached hydrogens (tertiary/aromatic N) is 3. The zero-order valence-corrected chi connectivity index (χ0v) is 18.2. The quantitative estimate of drug-likeness (QED) is 0.496. The SMILES string of the molecule is CCOCCCN1C(=O)C(c2ccc(C)cc2C)=C(N2CCN(CC)CC2)C1=O. The van der Waals surface area contributed by atoms with Crippen LogP contribution in [0, 0.1) is 13.8 Å². The molecule has 2 aliphatic heterocycles. The molecule has 0 bridgehead atoms. The van der Waals surface area contributed by atoms with Crippen molar-refractivity contribution >= 4 is 17.4 Å². The van der Waals surface area contributed by atoms with Crippen molar-refractivity contribution in [3.05, 3.63) is 40.6 Å². The number of ether oxygens (including phenoxy) is 1. The first-order valence-corrected chi connectivity index (χ1v) is 10.7. The number of rotatable bonds is 8. The van der Waals surface area contributed by atoms with E-state index in [0.29, 0.717) is 37.4 Å². The van der Waals surface area contributed by atoms with Crippen LogP contribution in [-0.2, 0) is 14.3 Å². The normalized spacial score (nSPS) is 18.3. The monoisotopic (exact) mass is 399 g/mol. The van der Waals surface area contributed by atoms with Crippen molar-refractivity contribution in [3.8, 4) is 0 Å². The first-order chi connectivity index (χ1) is 14.0. The summed E-state index contributed by atoms with van der Waals surface area (Å²) in [5.74, 6) is -0.335. The van der Waals surface area contributed by atoms with Crippen molar-refractivity contribution in [1.82, 2.24) is 14.7 Å². The lowest BCUT2D eigenvalue weighted by Gasteiger charge is -2.36. The van der Waals surface area contributed by atoms with Gasteiger partial charge in [-0.15, -0.1) is 0 Å². The fourth-order valence-electron chi connectivity index (χ4n) is 4.15. The second-order valence-corrected chi connectivity index (χ2v) is 7.78. The number of carbonyl (C=O) groups excluding carboxylic acids is 2. The maximum atomic E-state index is 13.4. The molecule has 2 amide bonds. The van der Waals surface area contributed by atoms with Crippen molar-refractivity contribution in [3.63, 3.8) is 0 Å². The minimum atomic E-state index is -0.175. The molecule has 1 fully saturated rings. The maximum absolute atomic E-state index is 13.4. The lowest BCUT2D eigenvalue weighted by atomic mass is 9.97. The van der Waals surface area contributed by atoms with Gasteiger partial charge < -0.3 is 14.5 Å². The molecule has 29 heavy (non-hydrogen) atoms. The van der Waals surface area contributed by atoms with Crippen LogP contribution in [0.1, 0.15) is 37.0 Å². The number of benzene rings is 1. The number of carbonyl (C=O) groups is 2. The van der Waals surface area contributed by atoms with E-state index in [1.807, 2.05) is 32.9 Å². The molecule has 0 aliphatic carbocycles. The Morgan fingerprint density at radius 1 is 1.00 bits per heavy atom. The number of likely N-dealkylation sites (N-methyl/N-ethyl adjacent to an activating group) is 1.